The van der Waals surface area contributed by atoms with Crippen LogP contribution in [0.1, 0.15) is 18.4 Å². The third kappa shape index (κ3) is 5.15. The fraction of sp³-hybridized carbons (Fsp3) is 0.364. The molecule has 15 heavy (non-hydrogen) atoms. The third-order valence-electron chi connectivity index (χ3n) is 1.83. The van der Waals surface area contributed by atoms with Gasteiger partial charge in [-0.1, -0.05) is 30.3 Å². The number of amides is 1. The summed E-state index contributed by atoms with van der Waals surface area (Å²) in [7, 11) is 0. The molecular formula is C11H15NO3. The molecule has 0 unspecified atom stereocenters. The second kappa shape index (κ2) is 6.98. The smallest absolute Gasteiger partial charge is 0.243 e. The monoisotopic (exact) mass is 209 g/mol. The molecule has 82 valence electrons. The molecule has 0 saturated carbocycles. The molecule has 0 radical (unpaired) electrons. The number of aliphatic hydroxyl groups is 1. The van der Waals surface area contributed by atoms with Gasteiger partial charge in [0, 0.05) is 13.0 Å². The highest BCUT2D eigenvalue weighted by Gasteiger charge is 1.99. The molecule has 0 bridgehead atoms. The van der Waals surface area contributed by atoms with E-state index in [4.69, 9.17) is 9.94 Å². The Morgan fingerprint density at radius 3 is 2.73 bits per heavy atom. The minimum absolute atomic E-state index is 0.0199. The Morgan fingerprint density at radius 1 is 1.33 bits per heavy atom. The molecular weight excluding hydrogens is 194 g/mol. The summed E-state index contributed by atoms with van der Waals surface area (Å²) in [4.78, 5) is 16.0. The fourth-order valence-corrected chi connectivity index (χ4v) is 1.06. The van der Waals surface area contributed by atoms with Gasteiger partial charge in [0.2, 0.25) is 5.91 Å². The van der Waals surface area contributed by atoms with Crippen LogP contribution in [0.4, 0.5) is 0 Å². The van der Waals surface area contributed by atoms with Gasteiger partial charge in [-0.25, -0.2) is 5.48 Å². The van der Waals surface area contributed by atoms with E-state index in [1.807, 2.05) is 30.3 Å². The van der Waals surface area contributed by atoms with Gasteiger partial charge >= 0.3 is 0 Å². The lowest BCUT2D eigenvalue weighted by atomic mass is 10.2. The van der Waals surface area contributed by atoms with Crippen molar-refractivity contribution in [1.82, 2.24) is 5.48 Å². The van der Waals surface area contributed by atoms with E-state index in [9.17, 15) is 4.79 Å². The van der Waals surface area contributed by atoms with Crippen LogP contribution in [-0.2, 0) is 16.2 Å². The Bertz CT molecular complexity index is 287. The number of carbonyl (C=O) groups excluding carboxylic acids is 1. The zero-order valence-corrected chi connectivity index (χ0v) is 8.48. The molecule has 0 heterocycles. The molecule has 1 amide bonds. The number of hydroxylamine groups is 1. The van der Waals surface area contributed by atoms with Gasteiger partial charge in [-0.15, -0.1) is 0 Å². The van der Waals surface area contributed by atoms with Crippen LogP contribution >= 0.6 is 0 Å². The van der Waals surface area contributed by atoms with Gasteiger partial charge in [0.05, 0.1) is 6.61 Å². The molecule has 0 saturated heterocycles. The van der Waals surface area contributed by atoms with Crippen LogP contribution in [0.5, 0.6) is 0 Å². The lowest BCUT2D eigenvalue weighted by molar-refractivity contribution is -0.134. The summed E-state index contributed by atoms with van der Waals surface area (Å²) in [5.41, 5.74) is 3.32. The van der Waals surface area contributed by atoms with Crippen LogP contribution in [0.3, 0.4) is 0 Å². The van der Waals surface area contributed by atoms with E-state index in [2.05, 4.69) is 5.48 Å². The molecule has 4 nitrogen and oxygen atoms in total. The quantitative estimate of drug-likeness (QED) is 0.687. The summed E-state index contributed by atoms with van der Waals surface area (Å²) in [6, 6.07) is 9.57. The molecule has 0 aliphatic rings. The lowest BCUT2D eigenvalue weighted by Crippen LogP contribution is -2.23. The highest BCUT2D eigenvalue weighted by molar-refractivity contribution is 5.74. The summed E-state index contributed by atoms with van der Waals surface area (Å²) in [5.74, 6) is -0.208. The fourth-order valence-electron chi connectivity index (χ4n) is 1.06. The third-order valence-corrected chi connectivity index (χ3v) is 1.83. The minimum atomic E-state index is -0.208. The second-order valence-electron chi connectivity index (χ2n) is 3.13. The minimum Gasteiger partial charge on any atom is -0.396 e. The summed E-state index contributed by atoms with van der Waals surface area (Å²) in [5, 5.41) is 8.50. The Labute approximate surface area is 88.8 Å². The van der Waals surface area contributed by atoms with Gasteiger partial charge in [-0.2, -0.15) is 0 Å². The first-order valence-electron chi connectivity index (χ1n) is 4.88. The maximum atomic E-state index is 11.0. The number of nitrogens with one attached hydrogen (secondary N) is 1. The molecule has 0 fully saturated rings. The van der Waals surface area contributed by atoms with Crippen LogP contribution in [0.25, 0.3) is 0 Å². The number of hydrogen-bond donors (Lipinski definition) is 2. The highest BCUT2D eigenvalue weighted by Crippen LogP contribution is 1.99. The first-order valence-corrected chi connectivity index (χ1v) is 4.88. The summed E-state index contributed by atoms with van der Waals surface area (Å²) in [6.45, 7) is 0.373. The van der Waals surface area contributed by atoms with E-state index in [1.165, 1.54) is 0 Å². The maximum absolute atomic E-state index is 11.0. The van der Waals surface area contributed by atoms with Gasteiger partial charge in [-0.05, 0) is 12.0 Å². The van der Waals surface area contributed by atoms with E-state index in [-0.39, 0.29) is 18.9 Å². The van der Waals surface area contributed by atoms with E-state index in [1.54, 1.807) is 0 Å². The Morgan fingerprint density at radius 2 is 2.07 bits per heavy atom. The van der Waals surface area contributed by atoms with Crippen molar-refractivity contribution in [1.29, 1.82) is 0 Å². The zero-order valence-electron chi connectivity index (χ0n) is 8.48. The summed E-state index contributed by atoms with van der Waals surface area (Å²) < 4.78 is 0. The Balaban J connectivity index is 2.14. The number of rotatable bonds is 6. The first-order chi connectivity index (χ1) is 7.33. The van der Waals surface area contributed by atoms with Crippen molar-refractivity contribution in [2.45, 2.75) is 19.4 Å². The van der Waals surface area contributed by atoms with Crippen LogP contribution < -0.4 is 5.48 Å². The van der Waals surface area contributed by atoms with E-state index >= 15 is 0 Å². The van der Waals surface area contributed by atoms with Gasteiger partial charge in [0.25, 0.3) is 0 Å². The van der Waals surface area contributed by atoms with Crippen LogP contribution in [0, 0.1) is 0 Å². The predicted octanol–water partition coefficient (Wildman–Crippen LogP) is 1.01. The largest absolute Gasteiger partial charge is 0.396 e. The highest BCUT2D eigenvalue weighted by atomic mass is 16.6. The Kier molecular flexibility index (Phi) is 5.43. The zero-order chi connectivity index (χ0) is 10.9. The second-order valence-corrected chi connectivity index (χ2v) is 3.13. The van der Waals surface area contributed by atoms with Crippen molar-refractivity contribution in [2.24, 2.45) is 0 Å². The molecule has 0 aliphatic carbocycles. The Hall–Kier alpha value is -1.39. The molecule has 1 rings (SSSR count). The molecule has 2 N–H and O–H groups in total. The average molecular weight is 209 g/mol. The van der Waals surface area contributed by atoms with Gasteiger partial charge in [0.15, 0.2) is 0 Å². The van der Waals surface area contributed by atoms with Crippen molar-refractivity contribution < 1.29 is 14.7 Å². The predicted molar refractivity (Wildman–Crippen MR) is 55.7 cm³/mol. The number of carbonyl (C=O) groups is 1. The molecule has 4 heteroatoms. The number of hydrogen-bond acceptors (Lipinski definition) is 3. The molecule has 1 aromatic carbocycles. The molecule has 0 atom stereocenters. The normalized spacial score (nSPS) is 9.93. The van der Waals surface area contributed by atoms with E-state index < -0.39 is 0 Å². The molecule has 0 aromatic heterocycles. The van der Waals surface area contributed by atoms with Crippen molar-refractivity contribution in [3.8, 4) is 0 Å². The SMILES string of the molecule is O=C(CCCO)NOCc1ccccc1. The van der Waals surface area contributed by atoms with Crippen molar-refractivity contribution in [2.75, 3.05) is 6.61 Å². The number of benzene rings is 1. The van der Waals surface area contributed by atoms with Gasteiger partial charge in [-0.3, -0.25) is 9.63 Å². The van der Waals surface area contributed by atoms with Crippen molar-refractivity contribution >= 4 is 5.91 Å². The van der Waals surface area contributed by atoms with Gasteiger partial charge in [0.1, 0.15) is 0 Å². The summed E-state index contributed by atoms with van der Waals surface area (Å²) in [6.07, 6.45) is 0.742. The van der Waals surface area contributed by atoms with E-state index in [0.717, 1.165) is 5.56 Å². The average Bonchev–Trinajstić information content (AvgIpc) is 2.28. The standard InChI is InChI=1S/C11H15NO3/c13-8-4-7-11(14)12-15-9-10-5-2-1-3-6-10/h1-3,5-6,13H,4,7-9H2,(H,12,14). The summed E-state index contributed by atoms with van der Waals surface area (Å²) >= 11 is 0. The first kappa shape index (κ1) is 11.7. The topological polar surface area (TPSA) is 58.6 Å². The van der Waals surface area contributed by atoms with Gasteiger partial charge < -0.3 is 5.11 Å². The molecule has 0 spiro atoms. The molecule has 1 aromatic rings. The van der Waals surface area contributed by atoms with Crippen molar-refractivity contribution in [3.63, 3.8) is 0 Å². The maximum Gasteiger partial charge on any atom is 0.243 e. The number of aliphatic hydroxyl groups excluding tert-OH is 1. The van der Waals surface area contributed by atoms with E-state index in [0.29, 0.717) is 13.0 Å². The lowest BCUT2D eigenvalue weighted by Gasteiger charge is -2.05. The van der Waals surface area contributed by atoms with Crippen LogP contribution in [0.15, 0.2) is 30.3 Å². The van der Waals surface area contributed by atoms with Crippen LogP contribution in [-0.4, -0.2) is 17.6 Å². The van der Waals surface area contributed by atoms with Crippen molar-refractivity contribution in [3.05, 3.63) is 35.9 Å². The molecule has 0 aliphatic heterocycles. The van der Waals surface area contributed by atoms with Crippen LogP contribution in [0.2, 0.25) is 0 Å².